The minimum Gasteiger partial charge on any atom is -0.371 e. The van der Waals surface area contributed by atoms with Gasteiger partial charge in [0.25, 0.3) is 0 Å². The molecular formula is C29H42F3N3O. The van der Waals surface area contributed by atoms with Gasteiger partial charge in [-0.15, -0.1) is 0 Å². The van der Waals surface area contributed by atoms with Crippen LogP contribution in [0, 0.1) is 11.8 Å². The number of benzene rings is 1. The van der Waals surface area contributed by atoms with Crippen molar-refractivity contribution in [2.24, 2.45) is 11.8 Å². The monoisotopic (exact) mass is 505 g/mol. The first-order valence-electron chi connectivity index (χ1n) is 14.3. The zero-order valence-corrected chi connectivity index (χ0v) is 21.7. The molecule has 3 saturated heterocycles. The Morgan fingerprint density at radius 3 is 2.22 bits per heavy atom. The molecule has 4 fully saturated rings. The van der Waals surface area contributed by atoms with E-state index in [0.717, 1.165) is 69.5 Å². The fourth-order valence-corrected chi connectivity index (χ4v) is 7.02. The molecule has 36 heavy (non-hydrogen) atoms. The van der Waals surface area contributed by atoms with Gasteiger partial charge in [-0.25, -0.2) is 0 Å². The minimum atomic E-state index is -4.33. The van der Waals surface area contributed by atoms with Gasteiger partial charge in [-0.05, 0) is 81.0 Å². The number of hydrogen-bond donors (Lipinski definition) is 0. The summed E-state index contributed by atoms with van der Waals surface area (Å²) in [7, 11) is 0. The molecule has 3 aliphatic heterocycles. The molecule has 1 amide bonds. The van der Waals surface area contributed by atoms with Crippen LogP contribution in [0.5, 0.6) is 0 Å². The zero-order valence-electron chi connectivity index (χ0n) is 21.7. The third kappa shape index (κ3) is 5.71. The van der Waals surface area contributed by atoms with E-state index in [9.17, 15) is 18.0 Å². The number of carbonyl (C=O) groups excluding carboxylic acids is 1. The van der Waals surface area contributed by atoms with E-state index in [1.165, 1.54) is 44.2 Å². The molecule has 1 atom stereocenters. The van der Waals surface area contributed by atoms with Crippen molar-refractivity contribution in [3.05, 3.63) is 29.3 Å². The fourth-order valence-electron chi connectivity index (χ4n) is 7.02. The molecule has 200 valence electrons. The summed E-state index contributed by atoms with van der Waals surface area (Å²) >= 11 is 0. The van der Waals surface area contributed by atoms with Gasteiger partial charge in [-0.3, -0.25) is 9.69 Å². The van der Waals surface area contributed by atoms with Crippen molar-refractivity contribution in [2.75, 3.05) is 44.2 Å². The highest BCUT2D eigenvalue weighted by Gasteiger charge is 2.37. The zero-order chi connectivity index (χ0) is 25.3. The van der Waals surface area contributed by atoms with Crippen LogP contribution in [0.1, 0.15) is 88.2 Å². The van der Waals surface area contributed by atoms with Crippen molar-refractivity contribution in [1.82, 2.24) is 9.80 Å². The highest BCUT2D eigenvalue weighted by Crippen LogP contribution is 2.40. The summed E-state index contributed by atoms with van der Waals surface area (Å²) < 4.78 is 40.6. The second-order valence-electron chi connectivity index (χ2n) is 11.8. The van der Waals surface area contributed by atoms with E-state index in [1.54, 1.807) is 6.07 Å². The maximum absolute atomic E-state index is 13.5. The standard InChI is InChI=1S/C29H42F3N3O/c1-21-9-14-33(15-10-21)27-19-24(29(30,31)32)7-8-26(27)22-11-16-34(17-12-22)28(36)23-13-18-35(20-23)25-5-3-2-4-6-25/h7-8,19,21-23,25H,2-6,9-18,20H2,1H3. The van der Waals surface area contributed by atoms with Gasteiger partial charge >= 0.3 is 6.18 Å². The van der Waals surface area contributed by atoms with Crippen molar-refractivity contribution in [3.63, 3.8) is 0 Å². The number of anilines is 1. The lowest BCUT2D eigenvalue weighted by Gasteiger charge is -2.38. The molecule has 3 heterocycles. The molecule has 4 nitrogen and oxygen atoms in total. The molecule has 1 aromatic carbocycles. The van der Waals surface area contributed by atoms with Gasteiger partial charge < -0.3 is 9.80 Å². The van der Waals surface area contributed by atoms with Crippen LogP contribution >= 0.6 is 0 Å². The van der Waals surface area contributed by atoms with Gasteiger partial charge in [-0.2, -0.15) is 13.2 Å². The lowest BCUT2D eigenvalue weighted by atomic mass is 9.86. The second kappa shape index (κ2) is 10.9. The predicted octanol–water partition coefficient (Wildman–Crippen LogP) is 6.30. The van der Waals surface area contributed by atoms with Crippen LogP contribution < -0.4 is 4.90 Å². The lowest BCUT2D eigenvalue weighted by molar-refractivity contribution is -0.138. The third-order valence-electron chi connectivity index (χ3n) is 9.39. The molecule has 7 heteroatoms. The first-order chi connectivity index (χ1) is 17.3. The van der Waals surface area contributed by atoms with Gasteiger partial charge in [-0.1, -0.05) is 32.3 Å². The van der Waals surface area contributed by atoms with Crippen LogP contribution in [0.3, 0.4) is 0 Å². The molecule has 0 N–H and O–H groups in total. The quantitative estimate of drug-likeness (QED) is 0.480. The minimum absolute atomic E-state index is 0.112. The topological polar surface area (TPSA) is 26.8 Å². The summed E-state index contributed by atoms with van der Waals surface area (Å²) in [5.74, 6) is 1.23. The SMILES string of the molecule is CC1CCN(c2cc(C(F)(F)F)ccc2C2CCN(C(=O)C3CCN(C4CCCCC4)C3)CC2)CC1. The molecule has 1 aliphatic carbocycles. The normalized spacial score (nSPS) is 26.1. The first-order valence-corrected chi connectivity index (χ1v) is 14.3. The smallest absolute Gasteiger partial charge is 0.371 e. The van der Waals surface area contributed by atoms with Gasteiger partial charge in [0, 0.05) is 44.5 Å². The highest BCUT2D eigenvalue weighted by molar-refractivity contribution is 5.79. The second-order valence-corrected chi connectivity index (χ2v) is 11.8. The van der Waals surface area contributed by atoms with Crippen molar-refractivity contribution >= 4 is 11.6 Å². The summed E-state index contributed by atoms with van der Waals surface area (Å²) in [4.78, 5) is 20.1. The average molecular weight is 506 g/mol. The summed E-state index contributed by atoms with van der Waals surface area (Å²) in [6.07, 6.45) is 6.84. The maximum atomic E-state index is 13.5. The van der Waals surface area contributed by atoms with E-state index in [4.69, 9.17) is 0 Å². The van der Waals surface area contributed by atoms with Gasteiger partial charge in [0.05, 0.1) is 11.5 Å². The highest BCUT2D eigenvalue weighted by atomic mass is 19.4. The van der Waals surface area contributed by atoms with Gasteiger partial charge in [0.15, 0.2) is 0 Å². The Morgan fingerprint density at radius 1 is 0.861 bits per heavy atom. The van der Waals surface area contributed by atoms with Crippen LogP contribution in [0.2, 0.25) is 0 Å². The van der Waals surface area contributed by atoms with Crippen LogP contribution in [0.25, 0.3) is 0 Å². The van der Waals surface area contributed by atoms with E-state index in [1.807, 2.05) is 4.90 Å². The van der Waals surface area contributed by atoms with Crippen LogP contribution in [-0.2, 0) is 11.0 Å². The summed E-state index contributed by atoms with van der Waals surface area (Å²) in [6, 6.07) is 5.01. The molecule has 1 saturated carbocycles. The van der Waals surface area contributed by atoms with E-state index in [0.29, 0.717) is 31.0 Å². The number of halogens is 3. The van der Waals surface area contributed by atoms with Crippen molar-refractivity contribution in [3.8, 4) is 0 Å². The number of amides is 1. The largest absolute Gasteiger partial charge is 0.416 e. The van der Waals surface area contributed by atoms with Gasteiger partial charge in [0.1, 0.15) is 0 Å². The third-order valence-corrected chi connectivity index (χ3v) is 9.39. The number of carbonyl (C=O) groups is 1. The molecule has 1 unspecified atom stereocenters. The van der Waals surface area contributed by atoms with Crippen molar-refractivity contribution < 1.29 is 18.0 Å². The maximum Gasteiger partial charge on any atom is 0.416 e. The predicted molar refractivity (Wildman–Crippen MR) is 137 cm³/mol. The Bertz CT molecular complexity index is 898. The molecule has 0 spiro atoms. The number of nitrogens with zero attached hydrogens (tertiary/aromatic N) is 3. The molecule has 1 aromatic rings. The van der Waals surface area contributed by atoms with Crippen molar-refractivity contribution in [1.29, 1.82) is 0 Å². The molecule has 0 bridgehead atoms. The Kier molecular flexibility index (Phi) is 7.85. The number of piperidine rings is 2. The molecule has 4 aliphatic rings. The van der Waals surface area contributed by atoms with E-state index < -0.39 is 11.7 Å². The first kappa shape index (κ1) is 25.9. The number of likely N-dealkylation sites (tertiary alicyclic amines) is 2. The van der Waals surface area contributed by atoms with E-state index in [-0.39, 0.29) is 11.8 Å². The number of hydrogen-bond acceptors (Lipinski definition) is 3. The lowest BCUT2D eigenvalue weighted by Crippen LogP contribution is -2.43. The summed E-state index contributed by atoms with van der Waals surface area (Å²) in [6.45, 7) is 7.20. The van der Waals surface area contributed by atoms with Crippen LogP contribution in [0.4, 0.5) is 18.9 Å². The Balaban J connectivity index is 1.23. The molecule has 0 radical (unpaired) electrons. The molecule has 0 aromatic heterocycles. The molecular weight excluding hydrogens is 463 g/mol. The fraction of sp³-hybridized carbons (Fsp3) is 0.759. The Hall–Kier alpha value is -1.76. The average Bonchev–Trinajstić information content (AvgIpc) is 3.39. The van der Waals surface area contributed by atoms with Gasteiger partial charge in [0.2, 0.25) is 5.91 Å². The van der Waals surface area contributed by atoms with Crippen LogP contribution in [0.15, 0.2) is 18.2 Å². The van der Waals surface area contributed by atoms with E-state index in [2.05, 4.69) is 16.7 Å². The number of alkyl halides is 3. The molecule has 5 rings (SSSR count). The van der Waals surface area contributed by atoms with Crippen LogP contribution in [-0.4, -0.2) is 61.0 Å². The van der Waals surface area contributed by atoms with Crippen molar-refractivity contribution in [2.45, 2.75) is 89.3 Å². The summed E-state index contributed by atoms with van der Waals surface area (Å²) in [5, 5.41) is 0. The number of rotatable bonds is 4. The Labute approximate surface area is 214 Å². The van der Waals surface area contributed by atoms with E-state index >= 15 is 0 Å². The Morgan fingerprint density at radius 2 is 1.56 bits per heavy atom. The summed E-state index contributed by atoms with van der Waals surface area (Å²) in [5.41, 5.74) is 1.24.